The van der Waals surface area contributed by atoms with Crippen LogP contribution < -0.4 is 15.8 Å². The molecule has 0 fully saturated rings. The lowest BCUT2D eigenvalue weighted by atomic mass is 9.88. The van der Waals surface area contributed by atoms with Crippen LogP contribution in [0.15, 0.2) is 18.2 Å². The Morgan fingerprint density at radius 2 is 2.00 bits per heavy atom. The van der Waals surface area contributed by atoms with Gasteiger partial charge in [-0.2, -0.15) is 0 Å². The minimum absolute atomic E-state index is 0.215. The Hall–Kier alpha value is -1.38. The fraction of sp³-hybridized carbons (Fsp3) is 0.571. The van der Waals surface area contributed by atoms with E-state index in [1.165, 1.54) is 0 Å². The first-order valence-corrected chi connectivity index (χ1v) is 6.13. The van der Waals surface area contributed by atoms with E-state index in [-0.39, 0.29) is 5.41 Å². The van der Waals surface area contributed by atoms with Gasteiger partial charge in [-0.25, -0.2) is 0 Å². The van der Waals surface area contributed by atoms with Gasteiger partial charge in [0.1, 0.15) is 5.75 Å². The van der Waals surface area contributed by atoms with Crippen LogP contribution in [-0.2, 0) is 0 Å². The van der Waals surface area contributed by atoms with Gasteiger partial charge in [0, 0.05) is 17.8 Å². The van der Waals surface area contributed by atoms with Crippen LogP contribution in [0, 0.1) is 5.41 Å². The third kappa shape index (κ3) is 3.84. The number of benzene rings is 1. The monoisotopic (exact) mass is 236 g/mol. The Morgan fingerprint density at radius 3 is 2.53 bits per heavy atom. The molecule has 0 spiro atoms. The van der Waals surface area contributed by atoms with Crippen molar-refractivity contribution in [1.82, 2.24) is 0 Å². The molecule has 0 bridgehead atoms. The number of ether oxygens (including phenoxy) is 1. The van der Waals surface area contributed by atoms with Crippen molar-refractivity contribution < 1.29 is 4.74 Å². The maximum Gasteiger partial charge on any atom is 0.144 e. The van der Waals surface area contributed by atoms with E-state index >= 15 is 0 Å². The van der Waals surface area contributed by atoms with Crippen molar-refractivity contribution in [2.75, 3.05) is 17.7 Å². The van der Waals surface area contributed by atoms with Crippen molar-refractivity contribution in [3.63, 3.8) is 0 Å². The topological polar surface area (TPSA) is 47.3 Å². The van der Waals surface area contributed by atoms with Gasteiger partial charge in [0.15, 0.2) is 0 Å². The van der Waals surface area contributed by atoms with Crippen LogP contribution in [0.5, 0.6) is 5.75 Å². The molecule has 0 saturated carbocycles. The van der Waals surface area contributed by atoms with Crippen molar-refractivity contribution in [3.05, 3.63) is 18.2 Å². The van der Waals surface area contributed by atoms with Gasteiger partial charge in [-0.15, -0.1) is 0 Å². The molecule has 0 aromatic heterocycles. The number of anilines is 2. The molecule has 1 aromatic carbocycles. The third-order valence-electron chi connectivity index (χ3n) is 3.00. The number of hydrogen-bond donors (Lipinski definition) is 2. The lowest BCUT2D eigenvalue weighted by Crippen LogP contribution is -2.30. The fourth-order valence-electron chi connectivity index (χ4n) is 1.37. The van der Waals surface area contributed by atoms with E-state index in [0.717, 1.165) is 11.4 Å². The first kappa shape index (κ1) is 13.7. The van der Waals surface area contributed by atoms with Gasteiger partial charge in [-0.1, -0.05) is 20.8 Å². The van der Waals surface area contributed by atoms with Gasteiger partial charge >= 0.3 is 0 Å². The Balaban J connectivity index is 2.82. The summed E-state index contributed by atoms with van der Waals surface area (Å²) >= 11 is 0. The van der Waals surface area contributed by atoms with E-state index in [9.17, 15) is 0 Å². The minimum atomic E-state index is 0.215. The Bertz CT molecular complexity index is 369. The van der Waals surface area contributed by atoms with Gasteiger partial charge in [-0.3, -0.25) is 0 Å². The third-order valence-corrected chi connectivity index (χ3v) is 3.00. The maximum absolute atomic E-state index is 5.84. The molecule has 1 rings (SSSR count). The molecular formula is C14H24N2O. The zero-order chi connectivity index (χ0) is 13.1. The molecule has 1 atom stereocenters. The summed E-state index contributed by atoms with van der Waals surface area (Å²) in [7, 11) is 0. The maximum atomic E-state index is 5.84. The van der Waals surface area contributed by atoms with Gasteiger partial charge in [-0.05, 0) is 31.4 Å². The van der Waals surface area contributed by atoms with Crippen LogP contribution in [0.25, 0.3) is 0 Å². The summed E-state index contributed by atoms with van der Waals surface area (Å²) in [5.41, 5.74) is 7.78. The average molecular weight is 236 g/mol. The zero-order valence-electron chi connectivity index (χ0n) is 11.5. The van der Waals surface area contributed by atoms with Crippen molar-refractivity contribution in [2.24, 2.45) is 5.41 Å². The lowest BCUT2D eigenvalue weighted by molar-refractivity contribution is 0.341. The van der Waals surface area contributed by atoms with Gasteiger partial charge in [0.05, 0.1) is 12.3 Å². The quantitative estimate of drug-likeness (QED) is 0.786. The number of rotatable bonds is 4. The first-order chi connectivity index (χ1) is 7.84. The highest BCUT2D eigenvalue weighted by atomic mass is 16.5. The summed E-state index contributed by atoms with van der Waals surface area (Å²) in [5.74, 6) is 0.749. The van der Waals surface area contributed by atoms with Gasteiger partial charge < -0.3 is 15.8 Å². The summed E-state index contributed by atoms with van der Waals surface area (Å²) in [6.45, 7) is 11.4. The number of nitrogens with one attached hydrogen (secondary N) is 1. The molecule has 1 aromatic rings. The highest BCUT2D eigenvalue weighted by Crippen LogP contribution is 2.28. The van der Waals surface area contributed by atoms with E-state index in [4.69, 9.17) is 10.5 Å². The van der Waals surface area contributed by atoms with Crippen LogP contribution in [0.4, 0.5) is 11.4 Å². The van der Waals surface area contributed by atoms with E-state index in [2.05, 4.69) is 33.0 Å². The molecular weight excluding hydrogens is 212 g/mol. The predicted octanol–water partition coefficient (Wildman–Crippen LogP) is 3.51. The second kappa shape index (κ2) is 5.30. The number of nitrogens with two attached hydrogens (primary N) is 1. The zero-order valence-corrected chi connectivity index (χ0v) is 11.5. The Morgan fingerprint density at radius 1 is 1.35 bits per heavy atom. The normalized spacial score (nSPS) is 13.2. The standard InChI is InChI=1S/C14H24N2O/c1-6-17-13-9-11(7-8-12(13)15)16-10(2)14(3,4)5/h7-10,16H,6,15H2,1-5H3. The summed E-state index contributed by atoms with van der Waals surface area (Å²) in [4.78, 5) is 0. The van der Waals surface area contributed by atoms with E-state index in [1.54, 1.807) is 0 Å². The summed E-state index contributed by atoms with van der Waals surface area (Å²) in [6, 6.07) is 6.20. The van der Waals surface area contributed by atoms with Crippen LogP contribution in [0.1, 0.15) is 34.6 Å². The molecule has 0 radical (unpaired) electrons. The van der Waals surface area contributed by atoms with Gasteiger partial charge in [0.25, 0.3) is 0 Å². The SMILES string of the molecule is CCOc1cc(NC(C)C(C)(C)C)ccc1N. The van der Waals surface area contributed by atoms with Crippen molar-refractivity contribution >= 4 is 11.4 Å². The summed E-state index contributed by atoms with van der Waals surface area (Å²) in [5, 5.41) is 3.47. The molecule has 0 amide bonds. The Labute approximate surface area is 104 Å². The molecule has 0 aliphatic carbocycles. The van der Waals surface area contributed by atoms with Crippen LogP contribution in [0.3, 0.4) is 0 Å². The van der Waals surface area contributed by atoms with Crippen LogP contribution >= 0.6 is 0 Å². The minimum Gasteiger partial charge on any atom is -0.492 e. The summed E-state index contributed by atoms with van der Waals surface area (Å²) in [6.07, 6.45) is 0. The second-order valence-corrected chi connectivity index (χ2v) is 5.42. The van der Waals surface area contributed by atoms with E-state index in [1.807, 2.05) is 25.1 Å². The first-order valence-electron chi connectivity index (χ1n) is 6.13. The van der Waals surface area contributed by atoms with Crippen molar-refractivity contribution in [2.45, 2.75) is 40.7 Å². The number of hydrogen-bond acceptors (Lipinski definition) is 3. The van der Waals surface area contributed by atoms with Crippen LogP contribution in [0.2, 0.25) is 0 Å². The van der Waals surface area contributed by atoms with E-state index in [0.29, 0.717) is 18.3 Å². The van der Waals surface area contributed by atoms with Crippen molar-refractivity contribution in [3.8, 4) is 5.75 Å². The molecule has 0 aliphatic rings. The highest BCUT2D eigenvalue weighted by molar-refractivity contribution is 5.61. The molecule has 0 saturated heterocycles. The largest absolute Gasteiger partial charge is 0.492 e. The summed E-state index contributed by atoms with van der Waals surface area (Å²) < 4.78 is 5.48. The van der Waals surface area contributed by atoms with Gasteiger partial charge in [0.2, 0.25) is 0 Å². The molecule has 3 N–H and O–H groups in total. The number of nitrogen functional groups attached to an aromatic ring is 1. The smallest absolute Gasteiger partial charge is 0.144 e. The molecule has 1 unspecified atom stereocenters. The highest BCUT2D eigenvalue weighted by Gasteiger charge is 2.19. The molecule has 0 heterocycles. The molecule has 96 valence electrons. The predicted molar refractivity (Wildman–Crippen MR) is 74.6 cm³/mol. The average Bonchev–Trinajstić information content (AvgIpc) is 2.22. The van der Waals surface area contributed by atoms with Crippen LogP contribution in [-0.4, -0.2) is 12.6 Å². The molecule has 17 heavy (non-hydrogen) atoms. The molecule has 3 nitrogen and oxygen atoms in total. The Kier molecular flexibility index (Phi) is 4.27. The fourth-order valence-corrected chi connectivity index (χ4v) is 1.37. The lowest BCUT2D eigenvalue weighted by Gasteiger charge is -2.29. The molecule has 0 aliphatic heterocycles. The molecule has 3 heteroatoms. The second-order valence-electron chi connectivity index (χ2n) is 5.42. The van der Waals surface area contributed by atoms with Crippen molar-refractivity contribution in [1.29, 1.82) is 0 Å². The van der Waals surface area contributed by atoms with E-state index < -0.39 is 0 Å².